The average molecular weight is 485 g/mol. The van der Waals surface area contributed by atoms with E-state index in [-0.39, 0.29) is 28.7 Å². The van der Waals surface area contributed by atoms with Crippen LogP contribution in [0.15, 0.2) is 42.0 Å². The molecule has 0 aromatic heterocycles. The molecule has 2 aromatic rings. The summed E-state index contributed by atoms with van der Waals surface area (Å²) in [6.07, 6.45) is 3.67. The van der Waals surface area contributed by atoms with Gasteiger partial charge in [0.15, 0.2) is 0 Å². The van der Waals surface area contributed by atoms with Crippen molar-refractivity contribution < 1.29 is 24.2 Å². The standard InChI is InChI=1S/C26H29ClN2O5/c1-28(2)16-11-9-15(10-12-16)23-22(25(31)26(32)29(23)17-7-5-6-8-17)24(30)18-13-21(34-4)19(27)14-20(18)33-3/h9-14,17,23,30H,5-8H2,1-4H3/b24-22+. The molecule has 1 aliphatic carbocycles. The zero-order valence-corrected chi connectivity index (χ0v) is 20.6. The second-order valence-electron chi connectivity index (χ2n) is 8.82. The smallest absolute Gasteiger partial charge is 0.295 e. The van der Waals surface area contributed by atoms with E-state index in [2.05, 4.69) is 0 Å². The van der Waals surface area contributed by atoms with Crippen molar-refractivity contribution in [2.45, 2.75) is 37.8 Å². The van der Waals surface area contributed by atoms with Crippen LogP contribution in [0, 0.1) is 0 Å². The highest BCUT2D eigenvalue weighted by Gasteiger charge is 2.49. The number of methoxy groups -OCH3 is 2. The number of halogens is 1. The molecular formula is C26H29ClN2O5. The van der Waals surface area contributed by atoms with Crippen LogP contribution in [0.2, 0.25) is 5.02 Å². The van der Waals surface area contributed by atoms with Crippen molar-refractivity contribution >= 4 is 34.7 Å². The van der Waals surface area contributed by atoms with Crippen molar-refractivity contribution in [1.82, 2.24) is 4.90 Å². The Morgan fingerprint density at radius 2 is 1.65 bits per heavy atom. The lowest BCUT2D eigenvalue weighted by Crippen LogP contribution is -2.37. The summed E-state index contributed by atoms with van der Waals surface area (Å²) in [5.41, 5.74) is 2.03. The highest BCUT2D eigenvalue weighted by molar-refractivity contribution is 6.46. The molecular weight excluding hydrogens is 456 g/mol. The van der Waals surface area contributed by atoms with Crippen LogP contribution in [0.25, 0.3) is 5.76 Å². The Morgan fingerprint density at radius 3 is 2.21 bits per heavy atom. The number of anilines is 1. The fraction of sp³-hybridized carbons (Fsp3) is 0.385. The van der Waals surface area contributed by atoms with Gasteiger partial charge in [0.25, 0.3) is 11.7 Å². The Morgan fingerprint density at radius 1 is 1.03 bits per heavy atom. The van der Waals surface area contributed by atoms with Gasteiger partial charge < -0.3 is 24.4 Å². The van der Waals surface area contributed by atoms with Gasteiger partial charge in [0, 0.05) is 31.9 Å². The quantitative estimate of drug-likeness (QED) is 0.361. The molecule has 1 saturated carbocycles. The molecule has 1 unspecified atom stereocenters. The Balaban J connectivity index is 1.92. The van der Waals surface area contributed by atoms with E-state index in [9.17, 15) is 14.7 Å². The Kier molecular flexibility index (Phi) is 6.75. The van der Waals surface area contributed by atoms with Gasteiger partial charge in [-0.05, 0) is 36.6 Å². The second kappa shape index (κ2) is 9.58. The molecule has 1 atom stereocenters. The SMILES string of the molecule is COc1cc(/C(O)=C2\C(=O)C(=O)N(C3CCCC3)C2c2ccc(N(C)C)cc2)c(OC)cc1Cl. The zero-order chi connectivity index (χ0) is 24.6. The summed E-state index contributed by atoms with van der Waals surface area (Å²) in [5.74, 6) is -1.01. The van der Waals surface area contributed by atoms with Gasteiger partial charge in [-0.15, -0.1) is 0 Å². The third-order valence-corrected chi connectivity index (χ3v) is 6.95. The topological polar surface area (TPSA) is 79.3 Å². The van der Waals surface area contributed by atoms with Gasteiger partial charge in [0.2, 0.25) is 0 Å². The first-order chi connectivity index (χ1) is 16.3. The zero-order valence-electron chi connectivity index (χ0n) is 19.8. The summed E-state index contributed by atoms with van der Waals surface area (Å²) in [6.45, 7) is 0. The van der Waals surface area contributed by atoms with Gasteiger partial charge >= 0.3 is 0 Å². The van der Waals surface area contributed by atoms with E-state index >= 15 is 0 Å². The number of nitrogens with zero attached hydrogens (tertiary/aromatic N) is 2. The molecule has 4 rings (SSSR count). The summed E-state index contributed by atoms with van der Waals surface area (Å²) in [4.78, 5) is 30.3. The minimum absolute atomic E-state index is 0.0391. The summed E-state index contributed by atoms with van der Waals surface area (Å²) in [5, 5.41) is 11.8. The first-order valence-corrected chi connectivity index (χ1v) is 11.7. The summed E-state index contributed by atoms with van der Waals surface area (Å²) >= 11 is 6.23. The van der Waals surface area contributed by atoms with Crippen molar-refractivity contribution in [1.29, 1.82) is 0 Å². The number of hydrogen-bond donors (Lipinski definition) is 1. The molecule has 1 saturated heterocycles. The van der Waals surface area contributed by atoms with E-state index in [1.165, 1.54) is 26.4 Å². The van der Waals surface area contributed by atoms with E-state index < -0.39 is 17.7 Å². The van der Waals surface area contributed by atoms with Crippen molar-refractivity contribution in [2.75, 3.05) is 33.2 Å². The number of aliphatic hydroxyl groups is 1. The first-order valence-electron chi connectivity index (χ1n) is 11.3. The van der Waals surface area contributed by atoms with Gasteiger partial charge in [0.05, 0.1) is 36.4 Å². The molecule has 1 heterocycles. The number of carbonyl (C=O) groups excluding carboxylic acids is 2. The third-order valence-electron chi connectivity index (χ3n) is 6.65. The number of hydrogen-bond acceptors (Lipinski definition) is 6. The molecule has 34 heavy (non-hydrogen) atoms. The maximum absolute atomic E-state index is 13.4. The molecule has 2 aliphatic rings. The Bertz CT molecular complexity index is 1140. The van der Waals surface area contributed by atoms with Crippen LogP contribution in [0.1, 0.15) is 42.9 Å². The summed E-state index contributed by atoms with van der Waals surface area (Å²) in [7, 11) is 6.80. The van der Waals surface area contributed by atoms with E-state index in [1.807, 2.05) is 43.3 Å². The van der Waals surface area contributed by atoms with Crippen molar-refractivity contribution in [3.8, 4) is 11.5 Å². The lowest BCUT2D eigenvalue weighted by atomic mass is 9.94. The highest BCUT2D eigenvalue weighted by atomic mass is 35.5. The molecule has 0 spiro atoms. The molecule has 8 heteroatoms. The number of likely N-dealkylation sites (tertiary alicyclic amines) is 1. The molecule has 2 fully saturated rings. The Hall–Kier alpha value is -3.19. The minimum atomic E-state index is -0.706. The lowest BCUT2D eigenvalue weighted by Gasteiger charge is -2.31. The molecule has 0 radical (unpaired) electrons. The third kappa shape index (κ3) is 4.09. The van der Waals surface area contributed by atoms with Crippen LogP contribution in [0.3, 0.4) is 0 Å². The van der Waals surface area contributed by atoms with Crippen LogP contribution >= 0.6 is 11.6 Å². The molecule has 1 amide bonds. The van der Waals surface area contributed by atoms with E-state index in [0.29, 0.717) is 10.8 Å². The Labute approximate surface area is 204 Å². The van der Waals surface area contributed by atoms with Crippen molar-refractivity contribution in [3.05, 3.63) is 58.1 Å². The number of rotatable bonds is 6. The second-order valence-corrected chi connectivity index (χ2v) is 9.22. The average Bonchev–Trinajstić information content (AvgIpc) is 3.45. The number of aliphatic hydroxyl groups excluding tert-OH is 1. The maximum atomic E-state index is 13.4. The maximum Gasteiger partial charge on any atom is 0.295 e. The van der Waals surface area contributed by atoms with Gasteiger partial charge in [-0.25, -0.2) is 0 Å². The molecule has 0 bridgehead atoms. The van der Waals surface area contributed by atoms with Crippen LogP contribution < -0.4 is 14.4 Å². The van der Waals surface area contributed by atoms with Gasteiger partial charge in [0.1, 0.15) is 17.3 Å². The summed E-state index contributed by atoms with van der Waals surface area (Å²) < 4.78 is 10.7. The van der Waals surface area contributed by atoms with Gasteiger partial charge in [-0.2, -0.15) is 0 Å². The van der Waals surface area contributed by atoms with Crippen molar-refractivity contribution in [2.24, 2.45) is 0 Å². The molecule has 1 aliphatic heterocycles. The van der Waals surface area contributed by atoms with E-state index in [1.54, 1.807) is 4.90 Å². The molecule has 2 aromatic carbocycles. The number of amides is 1. The number of benzene rings is 2. The molecule has 1 N–H and O–H groups in total. The number of ether oxygens (including phenoxy) is 2. The lowest BCUT2D eigenvalue weighted by molar-refractivity contribution is -0.141. The van der Waals surface area contributed by atoms with E-state index in [0.717, 1.165) is 36.9 Å². The number of carbonyl (C=O) groups is 2. The fourth-order valence-corrected chi connectivity index (χ4v) is 5.11. The normalized spacial score (nSPS) is 20.1. The van der Waals surface area contributed by atoms with Crippen LogP contribution in [-0.4, -0.2) is 56.1 Å². The van der Waals surface area contributed by atoms with E-state index in [4.69, 9.17) is 21.1 Å². The van der Waals surface area contributed by atoms with Crippen LogP contribution in [-0.2, 0) is 9.59 Å². The van der Waals surface area contributed by atoms with Crippen molar-refractivity contribution in [3.63, 3.8) is 0 Å². The predicted octanol–water partition coefficient (Wildman–Crippen LogP) is 4.79. The fourth-order valence-electron chi connectivity index (χ4n) is 4.88. The largest absolute Gasteiger partial charge is 0.507 e. The predicted molar refractivity (Wildman–Crippen MR) is 132 cm³/mol. The molecule has 180 valence electrons. The van der Waals surface area contributed by atoms with Gasteiger partial charge in [-0.1, -0.05) is 36.6 Å². The minimum Gasteiger partial charge on any atom is -0.507 e. The highest BCUT2D eigenvalue weighted by Crippen LogP contribution is 2.45. The van der Waals surface area contributed by atoms with Gasteiger partial charge in [-0.3, -0.25) is 9.59 Å². The first kappa shape index (κ1) is 24.0. The number of ketones is 1. The van der Waals surface area contributed by atoms with Crippen LogP contribution in [0.4, 0.5) is 5.69 Å². The number of Topliss-reactive ketones (excluding diaryl/α,β-unsaturated/α-hetero) is 1. The monoisotopic (exact) mass is 484 g/mol. The summed E-state index contributed by atoms with van der Waals surface area (Å²) in [6, 6.07) is 9.97. The van der Waals surface area contributed by atoms with Crippen LogP contribution in [0.5, 0.6) is 11.5 Å². The molecule has 7 nitrogen and oxygen atoms in total.